The number of alkyl carbamates (subject to hydrolysis) is 3. The highest BCUT2D eigenvalue weighted by atomic mass is 16.5. The second kappa shape index (κ2) is 41.8. The number of imidazole rings is 4. The molecule has 8 heterocycles. The first-order chi connectivity index (χ1) is 61.5. The number of carboxylic acid groups (broad SMARTS) is 1. The van der Waals surface area contributed by atoms with Crippen LogP contribution in [0, 0.1) is 11.8 Å². The fourth-order valence-electron chi connectivity index (χ4n) is 17.2. The highest BCUT2D eigenvalue weighted by molar-refractivity contribution is 5.94. The standard InChI is InChI=1S/C48H52N8O7.C37H41N7O3.C12H14O5.CH4/c1-28(2)41(53-47(59)62-4)45(57)55-22-8-11-38(55)44-50-27-37(52-44)34-21-20-32-24-31(18-19-33(32)25-34)29-14-16-30(17-15-29)36-26-49-43(51-36)39-12-9-23-56(39)46(58)42(54-48(60)63-5)35-10-6-7-13-40(35)61-3;1-22(2)33(43-37(46)47-3)36(45)44-17-5-7-32(44)35-40-21-31(42-35)28-15-14-26-18-25(12-13-27(26)19-28)23-8-10-24(11-9-23)30-20-39-34(41-30)29-6-4-16-38-29;1-16-10-6-4-3-5-8(10)9(12(14)15)7-11(13)17-2;/h6-7,10,13-21,24-28,38-39,41-42H,8-9,11-12,22-23H2,1-5H3,(H,49,51)(H,50,52)(H,53,59)(H,54,60);8-15,18-22,29,32-33,38H,4-7,16-17H2,1-3H3,(H,39,41)(H,40,42)(H,43,46);3-6,9H,7H2,1-2H3,(H,14,15);1H4/t38-,39-,41-,42+;29-,32-,33-;9-;/m001./s1. The molecule has 4 fully saturated rings. The molecule has 6 amide bonds. The van der Waals surface area contributed by atoms with E-state index in [1.54, 1.807) is 53.6 Å². The molecule has 16 rings (SSSR count). The van der Waals surface area contributed by atoms with Crippen molar-refractivity contribution in [2.75, 3.05) is 68.8 Å². The summed E-state index contributed by atoms with van der Waals surface area (Å²) < 4.78 is 29.5. The van der Waals surface area contributed by atoms with Crippen LogP contribution in [0.25, 0.3) is 88.8 Å². The van der Waals surface area contributed by atoms with Gasteiger partial charge in [-0.3, -0.25) is 24.0 Å². The Morgan fingerprint density at radius 1 is 0.406 bits per heavy atom. The van der Waals surface area contributed by atoms with Gasteiger partial charge in [-0.25, -0.2) is 34.3 Å². The molecule has 4 aliphatic heterocycles. The number of carbonyl (C=O) groups is 8. The van der Waals surface area contributed by atoms with Gasteiger partial charge < -0.3 is 89.4 Å². The molecule has 0 unspecified atom stereocenters. The molecule has 30 heteroatoms. The van der Waals surface area contributed by atoms with Gasteiger partial charge in [-0.2, -0.15) is 0 Å². The van der Waals surface area contributed by atoms with Gasteiger partial charge in [-0.05, 0) is 161 Å². The molecule has 128 heavy (non-hydrogen) atoms. The molecule has 668 valence electrons. The minimum Gasteiger partial charge on any atom is -0.496 e. The normalized spacial score (nSPS) is 16.8. The van der Waals surface area contributed by atoms with Crippen molar-refractivity contribution in [3.05, 3.63) is 229 Å². The summed E-state index contributed by atoms with van der Waals surface area (Å²) >= 11 is 0. The number of fused-ring (bicyclic) bond motifs is 2. The van der Waals surface area contributed by atoms with Crippen molar-refractivity contribution in [3.8, 4) is 78.8 Å². The molecule has 0 saturated carbocycles. The van der Waals surface area contributed by atoms with Crippen LogP contribution in [0.3, 0.4) is 0 Å². The summed E-state index contributed by atoms with van der Waals surface area (Å²) in [5.74, 6) is 0.776. The average molecular weight is 1740 g/mol. The Hall–Kier alpha value is -14.2. The maximum atomic E-state index is 14.1. The number of likely N-dealkylation sites (tertiary alicyclic amines) is 3. The Bertz CT molecular complexity index is 5910. The number of nitrogens with zero attached hydrogens (tertiary/aromatic N) is 7. The average Bonchev–Trinajstić information content (AvgIpc) is 1.65. The maximum Gasteiger partial charge on any atom is 0.407 e. The van der Waals surface area contributed by atoms with E-state index in [4.69, 9.17) is 43.7 Å². The lowest BCUT2D eigenvalue weighted by atomic mass is 9.95. The van der Waals surface area contributed by atoms with Gasteiger partial charge in [-0.1, -0.05) is 169 Å². The molecule has 4 saturated heterocycles. The number of aromatic amines is 4. The van der Waals surface area contributed by atoms with Gasteiger partial charge >= 0.3 is 30.2 Å². The van der Waals surface area contributed by atoms with Crippen molar-refractivity contribution in [2.45, 2.75) is 141 Å². The Labute approximate surface area is 743 Å². The lowest BCUT2D eigenvalue weighted by molar-refractivity contribution is -0.147. The van der Waals surface area contributed by atoms with E-state index in [1.807, 2.05) is 62.2 Å². The van der Waals surface area contributed by atoms with Gasteiger partial charge in [0.25, 0.3) is 5.91 Å². The van der Waals surface area contributed by atoms with Gasteiger partial charge in [0.2, 0.25) is 11.8 Å². The van der Waals surface area contributed by atoms with E-state index >= 15 is 0 Å². The van der Waals surface area contributed by atoms with Crippen molar-refractivity contribution in [3.63, 3.8) is 0 Å². The van der Waals surface area contributed by atoms with Crippen LogP contribution in [0.15, 0.2) is 195 Å². The second-order valence-corrected chi connectivity index (χ2v) is 32.6. The summed E-state index contributed by atoms with van der Waals surface area (Å²) in [6.07, 6.45) is 12.3. The van der Waals surface area contributed by atoms with Crippen molar-refractivity contribution in [1.82, 2.24) is 75.8 Å². The number of carbonyl (C=O) groups excluding carboxylic acids is 7. The van der Waals surface area contributed by atoms with E-state index in [1.165, 1.54) is 49.1 Å². The van der Waals surface area contributed by atoms with Crippen molar-refractivity contribution in [1.29, 1.82) is 0 Å². The van der Waals surface area contributed by atoms with Crippen LogP contribution in [-0.2, 0) is 42.9 Å². The molecule has 8 aromatic carbocycles. The lowest BCUT2D eigenvalue weighted by Gasteiger charge is -2.30. The molecule has 9 N–H and O–H groups in total. The zero-order valence-corrected chi connectivity index (χ0v) is 72.7. The summed E-state index contributed by atoms with van der Waals surface area (Å²) in [5.41, 5.74) is 13.2. The first-order valence-corrected chi connectivity index (χ1v) is 42.8. The van der Waals surface area contributed by atoms with Crippen LogP contribution in [0.4, 0.5) is 14.4 Å². The predicted octanol–water partition coefficient (Wildman–Crippen LogP) is 16.9. The Morgan fingerprint density at radius 2 is 0.758 bits per heavy atom. The monoisotopic (exact) mass is 1740 g/mol. The number of carboxylic acids is 1. The number of esters is 1. The van der Waals surface area contributed by atoms with Crippen LogP contribution in [0.5, 0.6) is 11.5 Å². The van der Waals surface area contributed by atoms with Crippen LogP contribution in [-0.4, -0.2) is 189 Å². The maximum absolute atomic E-state index is 14.1. The van der Waals surface area contributed by atoms with Crippen molar-refractivity contribution < 1.29 is 71.9 Å². The van der Waals surface area contributed by atoms with Crippen LogP contribution < -0.4 is 30.7 Å². The number of para-hydroxylation sites is 2. The zero-order chi connectivity index (χ0) is 89.5. The fourth-order valence-corrected chi connectivity index (χ4v) is 17.2. The Balaban J connectivity index is 0.000000188. The largest absolute Gasteiger partial charge is 0.496 e. The molecule has 30 nitrogen and oxygen atoms in total. The predicted molar refractivity (Wildman–Crippen MR) is 486 cm³/mol. The van der Waals surface area contributed by atoms with Crippen molar-refractivity contribution >= 4 is 69.5 Å². The summed E-state index contributed by atoms with van der Waals surface area (Å²) in [5, 5.41) is 25.2. The molecular weight excluding hydrogens is 1630 g/mol. The molecule has 0 spiro atoms. The van der Waals surface area contributed by atoms with E-state index < -0.39 is 54.3 Å². The third kappa shape index (κ3) is 20.8. The number of aromatic nitrogens is 8. The van der Waals surface area contributed by atoms with Crippen LogP contribution in [0.2, 0.25) is 0 Å². The molecule has 0 radical (unpaired) electrons. The molecule has 0 aliphatic carbocycles. The number of benzene rings is 8. The first-order valence-electron chi connectivity index (χ1n) is 42.8. The summed E-state index contributed by atoms with van der Waals surface area (Å²) in [7, 11) is 8.07. The number of nitrogens with one attached hydrogen (secondary N) is 8. The van der Waals surface area contributed by atoms with Gasteiger partial charge in [0, 0.05) is 41.9 Å². The van der Waals surface area contributed by atoms with Crippen LogP contribution in [0.1, 0.15) is 163 Å². The van der Waals surface area contributed by atoms with Gasteiger partial charge in [0.1, 0.15) is 52.9 Å². The fraction of sp³-hybridized carbons (Fsp3) is 0.347. The Morgan fingerprint density at radius 3 is 1.15 bits per heavy atom. The van der Waals surface area contributed by atoms with E-state index in [0.29, 0.717) is 54.1 Å². The van der Waals surface area contributed by atoms with E-state index in [2.05, 4.69) is 172 Å². The van der Waals surface area contributed by atoms with Crippen LogP contribution >= 0.6 is 0 Å². The Kier molecular flexibility index (Phi) is 29.9. The molecule has 12 aromatic rings. The number of H-pyrrole nitrogens is 4. The topological polar surface area (TPSA) is 385 Å². The summed E-state index contributed by atoms with van der Waals surface area (Å²) in [6, 6.07) is 53.7. The first kappa shape index (κ1) is 91.5. The molecular formula is C98H111N15O15. The number of ether oxygens (including phenoxy) is 6. The highest BCUT2D eigenvalue weighted by Crippen LogP contribution is 2.41. The van der Waals surface area contributed by atoms with E-state index in [-0.39, 0.29) is 61.5 Å². The number of rotatable bonds is 25. The second-order valence-electron chi connectivity index (χ2n) is 32.6. The smallest absolute Gasteiger partial charge is 0.407 e. The third-order valence-corrected chi connectivity index (χ3v) is 24.0. The number of hydrogen-bond donors (Lipinski definition) is 9. The molecule has 8 atom stereocenters. The summed E-state index contributed by atoms with van der Waals surface area (Å²) in [4.78, 5) is 138. The highest BCUT2D eigenvalue weighted by Gasteiger charge is 2.42. The van der Waals surface area contributed by atoms with Gasteiger partial charge in [0.15, 0.2) is 0 Å². The van der Waals surface area contributed by atoms with Crippen molar-refractivity contribution in [2.24, 2.45) is 11.8 Å². The number of amides is 6. The third-order valence-electron chi connectivity index (χ3n) is 24.0. The van der Waals surface area contributed by atoms with E-state index in [9.17, 15) is 38.4 Å². The number of hydrogen-bond acceptors (Lipinski definition) is 19. The minimum absolute atomic E-state index is 0. The van der Waals surface area contributed by atoms with E-state index in [0.717, 1.165) is 158 Å². The minimum atomic E-state index is -1.08. The lowest BCUT2D eigenvalue weighted by Crippen LogP contribution is -2.51. The van der Waals surface area contributed by atoms with Gasteiger partial charge in [-0.15, -0.1) is 0 Å². The quantitative estimate of drug-likeness (QED) is 0.0189. The van der Waals surface area contributed by atoms with Gasteiger partial charge in [0.05, 0.1) is 127 Å². The number of methoxy groups -OCH3 is 6. The molecule has 4 aliphatic rings. The SMILES string of the molecule is C.COC(=O)C[C@@H](C(=O)O)c1ccccc1OC.COC(=O)N[C@H](C(=O)N1CCC[C@H]1c1ncc(-c2ccc3cc(-c4ccc(-c5cnc([C@@H]6CCCN6)[nH]5)cc4)ccc3c2)[nH]1)C(C)C.COC(=O)N[C@H](C(=O)N1CCC[C@H]1c1ncc(-c2ccc3cc(-c4ccc(-c5cnc([C@@H]6CCCN6C(=O)[C@H](NC(=O)OC)c6ccccc6OC)[nH]5)cc4)ccc3c2)[nH]1)C(C)C. The zero-order valence-electron chi connectivity index (χ0n) is 72.7. The number of aliphatic carboxylic acids is 1. The molecule has 0 bridgehead atoms. The molecule has 4 aromatic heterocycles. The summed E-state index contributed by atoms with van der Waals surface area (Å²) in [6.45, 7) is 10.4.